The highest BCUT2D eigenvalue weighted by atomic mass is 32.2. The Balaban J connectivity index is 0.000000145. The summed E-state index contributed by atoms with van der Waals surface area (Å²) in [5, 5.41) is 46.8. The standard InChI is InChI=1S/2C27H25F3N4O3.C27H35N5O3S/c2*28-27(29,30)19-3-1-2-18(14-19)25(37)32-26-31-23-9-8-21(33-12-10-22(36)16-33)15-24(23)34(26)20-6-4-17(5-7-20)11-13-35;1-28-36(34,35)23-12-8-9-21(18-23)26(33)30-27-29-24-17-20(19-31-15-6-3-7-16-31)13-14-25(24)32(27)22-10-4-2-5-11-22/h2*1-9,14-15,22,35-36H,10-13,16H2,(H,31,32,37);8-9,12-14,17-18,22,28H,2-7,10-11,15-16,19H2,1H3,(H,29,30,33)/t2*22-;/m10./s1. The Morgan fingerprint density at radius 3 is 1.35 bits per heavy atom. The van der Waals surface area contributed by atoms with Gasteiger partial charge in [-0.25, -0.2) is 28.1 Å². The third-order valence-corrected chi connectivity index (χ3v) is 21.7. The Labute approximate surface area is 631 Å². The van der Waals surface area contributed by atoms with Crippen molar-refractivity contribution in [1.29, 1.82) is 0 Å². The molecule has 29 heteroatoms. The quantitative estimate of drug-likeness (QED) is 0.0350. The number of rotatable bonds is 19. The second kappa shape index (κ2) is 33.8. The van der Waals surface area contributed by atoms with Gasteiger partial charge in [-0.3, -0.25) is 44.4 Å². The molecule has 576 valence electrons. The summed E-state index contributed by atoms with van der Waals surface area (Å²) < 4.78 is 111. The summed E-state index contributed by atoms with van der Waals surface area (Å²) in [5.41, 5.74) is 8.87. The summed E-state index contributed by atoms with van der Waals surface area (Å²) in [6.45, 7) is 5.64. The first-order valence-corrected chi connectivity index (χ1v) is 38.3. The van der Waals surface area contributed by atoms with E-state index < -0.39 is 57.5 Å². The van der Waals surface area contributed by atoms with Crippen LogP contribution in [0.2, 0.25) is 0 Å². The number of hydrogen-bond acceptors (Lipinski definition) is 15. The fourth-order valence-electron chi connectivity index (χ4n) is 14.6. The second-order valence-electron chi connectivity index (χ2n) is 28.0. The normalized spacial score (nSPS) is 16.6. The molecule has 3 amide bonds. The minimum Gasteiger partial charge on any atom is -0.396 e. The minimum absolute atomic E-state index is 0.0106. The number of fused-ring (bicyclic) bond motifs is 3. The number of hydrogen-bond donors (Lipinski definition) is 8. The maximum atomic E-state index is 13.2. The van der Waals surface area contributed by atoms with Gasteiger partial charge in [-0.15, -0.1) is 0 Å². The highest BCUT2D eigenvalue weighted by Crippen LogP contribution is 2.38. The van der Waals surface area contributed by atoms with Crippen LogP contribution in [0.15, 0.2) is 181 Å². The first kappa shape index (κ1) is 77.6. The molecule has 1 saturated carbocycles. The van der Waals surface area contributed by atoms with E-state index in [1.54, 1.807) is 21.3 Å². The second-order valence-corrected chi connectivity index (χ2v) is 29.8. The monoisotopic (exact) mass is 1530 g/mol. The number of nitrogens with one attached hydrogen (secondary N) is 4. The Kier molecular flexibility index (Phi) is 23.8. The smallest absolute Gasteiger partial charge is 0.396 e. The van der Waals surface area contributed by atoms with Gasteiger partial charge in [-0.2, -0.15) is 26.3 Å². The molecule has 8 N–H and O–H groups in total. The van der Waals surface area contributed by atoms with Crippen LogP contribution in [0.5, 0.6) is 0 Å². The minimum atomic E-state index is -4.57. The molecule has 3 aromatic heterocycles. The number of benzene rings is 8. The van der Waals surface area contributed by atoms with Gasteiger partial charge in [0.1, 0.15) is 0 Å². The fraction of sp³-hybridized carbons (Fsp3) is 0.333. The highest BCUT2D eigenvalue weighted by Gasteiger charge is 2.34. The lowest BCUT2D eigenvalue weighted by molar-refractivity contribution is -0.138. The van der Waals surface area contributed by atoms with E-state index in [0.717, 1.165) is 103 Å². The Bertz CT molecular complexity index is 5010. The van der Waals surface area contributed by atoms with E-state index in [4.69, 9.17) is 4.98 Å². The molecule has 1 aliphatic carbocycles. The number of imidazole rings is 3. The van der Waals surface area contributed by atoms with Gasteiger partial charge in [0, 0.05) is 91.4 Å². The summed E-state index contributed by atoms with van der Waals surface area (Å²) in [4.78, 5) is 59.9. The van der Waals surface area contributed by atoms with Crippen LogP contribution in [0, 0.1) is 0 Å². The van der Waals surface area contributed by atoms with Crippen molar-refractivity contribution >= 4 is 90.1 Å². The van der Waals surface area contributed by atoms with Crippen LogP contribution in [-0.4, -0.2) is 152 Å². The van der Waals surface area contributed by atoms with E-state index in [1.807, 2.05) is 84.9 Å². The van der Waals surface area contributed by atoms with E-state index in [0.29, 0.717) is 91.3 Å². The summed E-state index contributed by atoms with van der Waals surface area (Å²) in [7, 11) is -2.29. The van der Waals surface area contributed by atoms with E-state index in [1.165, 1.54) is 74.7 Å². The highest BCUT2D eigenvalue weighted by molar-refractivity contribution is 7.89. The van der Waals surface area contributed by atoms with Crippen LogP contribution >= 0.6 is 0 Å². The zero-order valence-electron chi connectivity index (χ0n) is 60.4. The van der Waals surface area contributed by atoms with Gasteiger partial charge in [0.2, 0.25) is 27.9 Å². The van der Waals surface area contributed by atoms with E-state index in [2.05, 4.69) is 68.1 Å². The third-order valence-electron chi connectivity index (χ3n) is 20.3. The molecule has 8 aromatic carbocycles. The van der Waals surface area contributed by atoms with Crippen LogP contribution < -0.4 is 30.5 Å². The number of piperidine rings is 1. The van der Waals surface area contributed by atoms with Crippen LogP contribution in [0.4, 0.5) is 55.6 Å². The molecule has 110 heavy (non-hydrogen) atoms. The largest absolute Gasteiger partial charge is 0.416 e. The lowest BCUT2D eigenvalue weighted by atomic mass is 9.95. The average Bonchev–Trinajstić information content (AvgIpc) is 1.63. The van der Waals surface area contributed by atoms with Gasteiger partial charge in [-0.05, 0) is 216 Å². The predicted molar refractivity (Wildman–Crippen MR) is 410 cm³/mol. The summed E-state index contributed by atoms with van der Waals surface area (Å²) in [6.07, 6.45) is 1.87. The lowest BCUT2D eigenvalue weighted by Crippen LogP contribution is -2.29. The molecule has 0 spiro atoms. The predicted octanol–water partition coefficient (Wildman–Crippen LogP) is 13.5. The van der Waals surface area contributed by atoms with Gasteiger partial charge < -0.3 is 34.8 Å². The summed E-state index contributed by atoms with van der Waals surface area (Å²) >= 11 is 0. The molecule has 0 radical (unpaired) electrons. The number of alkyl halides is 6. The number of β-amino-alcohol motifs (C(OH)–C–C–N with tert-alkyl or cyclic N) is 2. The lowest BCUT2D eigenvalue weighted by Gasteiger charge is -2.26. The fourth-order valence-corrected chi connectivity index (χ4v) is 15.4. The first-order chi connectivity index (χ1) is 52.9. The number of nitrogens with zero attached hydrogens (tertiary/aromatic N) is 9. The van der Waals surface area contributed by atoms with Crippen molar-refractivity contribution in [3.05, 3.63) is 220 Å². The molecule has 0 unspecified atom stereocenters. The molecule has 2 atom stereocenters. The van der Waals surface area contributed by atoms with Gasteiger partial charge >= 0.3 is 12.4 Å². The maximum Gasteiger partial charge on any atom is 0.416 e. The number of halogens is 6. The average molecular weight is 1530 g/mol. The number of carbonyl (C=O) groups is 3. The van der Waals surface area contributed by atoms with E-state index in [9.17, 15) is 69.6 Å². The molecular weight excluding hydrogens is 1450 g/mol. The molecule has 3 aliphatic heterocycles. The van der Waals surface area contributed by atoms with Crippen molar-refractivity contribution < 1.29 is 69.6 Å². The van der Waals surface area contributed by atoms with E-state index in [-0.39, 0.29) is 58.6 Å². The van der Waals surface area contributed by atoms with Crippen molar-refractivity contribution in [1.82, 2.24) is 38.3 Å². The Morgan fingerprint density at radius 2 is 0.900 bits per heavy atom. The molecular formula is C81H85F6N13O9S. The maximum absolute atomic E-state index is 13.2. The van der Waals surface area contributed by atoms with Crippen molar-refractivity contribution in [3.8, 4) is 11.4 Å². The van der Waals surface area contributed by atoms with Crippen molar-refractivity contribution in [2.75, 3.05) is 85.3 Å². The van der Waals surface area contributed by atoms with Crippen LogP contribution in [0.3, 0.4) is 0 Å². The molecule has 4 fully saturated rings. The molecule has 0 bridgehead atoms. The topological polar surface area (TPSA) is 278 Å². The first-order valence-electron chi connectivity index (χ1n) is 36.8. The molecule has 6 heterocycles. The van der Waals surface area contributed by atoms with Crippen LogP contribution in [-0.2, 0) is 41.8 Å². The van der Waals surface area contributed by atoms with Crippen molar-refractivity contribution in [2.24, 2.45) is 0 Å². The number of carbonyl (C=O) groups excluding carboxylic acids is 3. The SMILES string of the molecule is CNS(=O)(=O)c1cccc(C(=O)Nc2nc3cc(CN4CCCCC4)ccc3n2C2CCCCC2)c1.O=C(Nc1nc2ccc(N3CC[C@@H](O)C3)cc2n1-c1ccc(CCO)cc1)c1cccc(C(F)(F)F)c1.O=C(Nc1nc2ccc(N3CC[C@H](O)C3)cc2n1-c1ccc(CCO)cc1)c1cccc(C(F)(F)F)c1. The molecule has 22 nitrogen and oxygen atoms in total. The van der Waals surface area contributed by atoms with Gasteiger partial charge in [0.25, 0.3) is 17.7 Å². The van der Waals surface area contributed by atoms with Gasteiger partial charge in [-0.1, -0.05) is 74.2 Å². The number of sulfonamides is 1. The van der Waals surface area contributed by atoms with Crippen LogP contribution in [0.1, 0.15) is 129 Å². The number of likely N-dealkylation sites (tertiary alicyclic amines) is 1. The number of anilines is 5. The Morgan fingerprint density at radius 1 is 0.464 bits per heavy atom. The number of aliphatic hydroxyl groups excluding tert-OH is 4. The zero-order valence-corrected chi connectivity index (χ0v) is 61.2. The number of amides is 3. The van der Waals surface area contributed by atoms with Gasteiger partial charge in [0.05, 0.1) is 61.3 Å². The molecule has 3 saturated heterocycles. The summed E-state index contributed by atoms with van der Waals surface area (Å²) in [5.74, 6) is -0.968. The van der Waals surface area contributed by atoms with Crippen LogP contribution in [0.25, 0.3) is 44.5 Å². The molecule has 11 aromatic rings. The zero-order chi connectivity index (χ0) is 77.4. The molecule has 4 aliphatic rings. The molecule has 15 rings (SSSR count). The van der Waals surface area contributed by atoms with E-state index >= 15 is 0 Å². The van der Waals surface area contributed by atoms with Crippen molar-refractivity contribution in [3.63, 3.8) is 0 Å². The third kappa shape index (κ3) is 18.2. The number of aliphatic hydroxyl groups is 4. The van der Waals surface area contributed by atoms with Crippen molar-refractivity contribution in [2.45, 2.75) is 119 Å². The number of aromatic nitrogens is 6. The summed E-state index contributed by atoms with van der Waals surface area (Å²) in [6, 6.07) is 47.3. The van der Waals surface area contributed by atoms with Gasteiger partial charge in [0.15, 0.2) is 0 Å². The Hall–Kier alpha value is -10.5.